The van der Waals surface area contributed by atoms with Crippen molar-refractivity contribution in [1.29, 1.82) is 0 Å². The van der Waals surface area contributed by atoms with Crippen molar-refractivity contribution >= 4 is 44.1 Å². The molecule has 1 aromatic rings. The summed E-state index contributed by atoms with van der Waals surface area (Å²) >= 11 is 1.07. The van der Waals surface area contributed by atoms with Crippen molar-refractivity contribution < 1.29 is 27.5 Å². The number of nitrogens with one attached hydrogen (secondary N) is 1. The van der Waals surface area contributed by atoms with Gasteiger partial charge in [-0.1, -0.05) is 13.8 Å². The molecule has 9 nitrogen and oxygen atoms in total. The van der Waals surface area contributed by atoms with Crippen molar-refractivity contribution in [1.82, 2.24) is 9.88 Å². The first-order chi connectivity index (χ1) is 12.6. The van der Waals surface area contributed by atoms with Gasteiger partial charge < -0.3 is 15.0 Å². The molecule has 1 unspecified atom stereocenters. The molecule has 2 amide bonds. The van der Waals surface area contributed by atoms with Crippen LogP contribution in [0.1, 0.15) is 37.7 Å². The van der Waals surface area contributed by atoms with Gasteiger partial charge in [-0.2, -0.15) is 0 Å². The summed E-state index contributed by atoms with van der Waals surface area (Å²) in [7, 11) is -3.14. The van der Waals surface area contributed by atoms with Crippen LogP contribution in [0.25, 0.3) is 0 Å². The van der Waals surface area contributed by atoms with Gasteiger partial charge in [0.2, 0.25) is 5.91 Å². The van der Waals surface area contributed by atoms with Gasteiger partial charge in [0.1, 0.15) is 0 Å². The third kappa shape index (κ3) is 6.28. The third-order valence-corrected chi connectivity index (χ3v) is 6.36. The fourth-order valence-electron chi connectivity index (χ4n) is 2.73. The van der Waals surface area contributed by atoms with Gasteiger partial charge in [-0.05, 0) is 12.3 Å². The minimum absolute atomic E-state index is 0.00426. The zero-order valence-corrected chi connectivity index (χ0v) is 17.1. The van der Waals surface area contributed by atoms with Gasteiger partial charge in [0.05, 0.1) is 11.5 Å². The van der Waals surface area contributed by atoms with Crippen LogP contribution in [-0.4, -0.2) is 66.8 Å². The molecule has 1 aliphatic heterocycles. The summed E-state index contributed by atoms with van der Waals surface area (Å²) in [5.74, 6) is -1.38. The first-order valence-corrected chi connectivity index (χ1v) is 11.2. The van der Waals surface area contributed by atoms with E-state index in [1.807, 2.05) is 13.8 Å². The number of esters is 1. The average molecular weight is 418 g/mol. The van der Waals surface area contributed by atoms with Crippen LogP contribution in [0.15, 0.2) is 5.38 Å². The lowest BCUT2D eigenvalue weighted by Gasteiger charge is -2.29. The van der Waals surface area contributed by atoms with E-state index in [1.54, 1.807) is 0 Å². The summed E-state index contributed by atoms with van der Waals surface area (Å²) in [6.45, 7) is 5.07. The van der Waals surface area contributed by atoms with E-state index in [2.05, 4.69) is 10.3 Å². The number of carbonyl (C=O) groups is 3. The summed E-state index contributed by atoms with van der Waals surface area (Å²) in [6, 6.07) is -0.394. The molecule has 1 saturated heterocycles. The van der Waals surface area contributed by atoms with Gasteiger partial charge in [0.15, 0.2) is 27.3 Å². The molecule has 1 atom stereocenters. The molecule has 27 heavy (non-hydrogen) atoms. The molecule has 0 aliphatic carbocycles. The highest BCUT2D eigenvalue weighted by molar-refractivity contribution is 7.91. The minimum atomic E-state index is -3.14. The van der Waals surface area contributed by atoms with Gasteiger partial charge in [-0.3, -0.25) is 9.59 Å². The Kier molecular flexibility index (Phi) is 6.93. The number of rotatable bonds is 7. The number of aromatic nitrogens is 1. The molecule has 1 fully saturated rings. The van der Waals surface area contributed by atoms with Crippen LogP contribution < -0.4 is 5.32 Å². The molecule has 0 aromatic carbocycles. The largest absolute Gasteiger partial charge is 0.451 e. The second-order valence-electron chi connectivity index (χ2n) is 6.79. The SMILES string of the molecule is CC(=O)Nc1nc(C(=O)OCC(=O)N(CC(C)C)C2CCS(=O)(=O)C2)cs1. The average Bonchev–Trinajstić information content (AvgIpc) is 3.15. The molecule has 1 N–H and O–H groups in total. The highest BCUT2D eigenvalue weighted by Crippen LogP contribution is 2.20. The molecule has 0 bridgehead atoms. The fourth-order valence-corrected chi connectivity index (χ4v) is 5.19. The lowest BCUT2D eigenvalue weighted by Crippen LogP contribution is -2.45. The molecule has 11 heteroatoms. The Hall–Kier alpha value is -2.01. The summed E-state index contributed by atoms with van der Waals surface area (Å²) in [4.78, 5) is 41.0. The van der Waals surface area contributed by atoms with E-state index >= 15 is 0 Å². The molecule has 0 spiro atoms. The smallest absolute Gasteiger partial charge is 0.358 e. The van der Waals surface area contributed by atoms with Gasteiger partial charge >= 0.3 is 5.97 Å². The van der Waals surface area contributed by atoms with Crippen LogP contribution in [0.4, 0.5) is 5.13 Å². The standard InChI is InChI=1S/C16H23N3O6S2/c1-10(2)6-19(12-4-5-27(23,24)9-12)14(21)7-25-15(22)13-8-26-16(18-13)17-11(3)20/h8,10,12H,4-7,9H2,1-3H3,(H,17,18,20). The van der Waals surface area contributed by atoms with E-state index in [0.29, 0.717) is 13.0 Å². The van der Waals surface area contributed by atoms with Crippen molar-refractivity contribution in [2.45, 2.75) is 33.2 Å². The van der Waals surface area contributed by atoms with Crippen LogP contribution in [0.5, 0.6) is 0 Å². The highest BCUT2D eigenvalue weighted by Gasteiger charge is 2.35. The lowest BCUT2D eigenvalue weighted by atomic mass is 10.1. The maximum Gasteiger partial charge on any atom is 0.358 e. The monoisotopic (exact) mass is 417 g/mol. The minimum Gasteiger partial charge on any atom is -0.451 e. The quantitative estimate of drug-likeness (QED) is 0.655. The zero-order chi connectivity index (χ0) is 20.2. The van der Waals surface area contributed by atoms with Gasteiger partial charge in [-0.15, -0.1) is 11.3 Å². The normalized spacial score (nSPS) is 18.3. The maximum atomic E-state index is 12.5. The van der Waals surface area contributed by atoms with Crippen LogP contribution in [0.3, 0.4) is 0 Å². The number of amides is 2. The van der Waals surface area contributed by atoms with Crippen molar-refractivity contribution in [2.75, 3.05) is 30.0 Å². The Balaban J connectivity index is 1.97. The second kappa shape index (κ2) is 8.79. The molecule has 2 heterocycles. The number of anilines is 1. The maximum absolute atomic E-state index is 12.5. The van der Waals surface area contributed by atoms with Crippen LogP contribution in [0.2, 0.25) is 0 Å². The van der Waals surface area contributed by atoms with E-state index < -0.39 is 34.4 Å². The van der Waals surface area contributed by atoms with Crippen molar-refractivity contribution in [3.05, 3.63) is 11.1 Å². The topological polar surface area (TPSA) is 123 Å². The Morgan fingerprint density at radius 2 is 2.11 bits per heavy atom. The number of nitrogens with zero attached hydrogens (tertiary/aromatic N) is 2. The second-order valence-corrected chi connectivity index (χ2v) is 9.88. The highest BCUT2D eigenvalue weighted by atomic mass is 32.2. The van der Waals surface area contributed by atoms with Crippen molar-refractivity contribution in [2.24, 2.45) is 5.92 Å². The van der Waals surface area contributed by atoms with Crippen LogP contribution in [0, 0.1) is 5.92 Å². The lowest BCUT2D eigenvalue weighted by molar-refractivity contribution is -0.137. The fraction of sp³-hybridized carbons (Fsp3) is 0.625. The van der Waals surface area contributed by atoms with Gasteiger partial charge in [0, 0.05) is 24.9 Å². The number of carbonyl (C=O) groups excluding carboxylic acids is 3. The first-order valence-electron chi connectivity index (χ1n) is 8.47. The van der Waals surface area contributed by atoms with Crippen LogP contribution >= 0.6 is 11.3 Å². The molecular formula is C16H23N3O6S2. The number of thiazole rings is 1. The van der Waals surface area contributed by atoms with E-state index in [4.69, 9.17) is 4.74 Å². The predicted molar refractivity (Wildman–Crippen MR) is 100 cm³/mol. The molecule has 1 aromatic heterocycles. The Morgan fingerprint density at radius 1 is 1.41 bits per heavy atom. The van der Waals surface area contributed by atoms with Crippen LogP contribution in [-0.2, 0) is 24.2 Å². The number of ether oxygens (including phenoxy) is 1. The third-order valence-electron chi connectivity index (χ3n) is 3.85. The number of sulfone groups is 1. The summed E-state index contributed by atoms with van der Waals surface area (Å²) < 4.78 is 28.5. The predicted octanol–water partition coefficient (Wildman–Crippen LogP) is 0.930. The summed E-state index contributed by atoms with van der Waals surface area (Å²) in [5.41, 5.74) is -0.00426. The molecule has 2 rings (SSSR count). The molecule has 0 radical (unpaired) electrons. The van der Waals surface area contributed by atoms with Gasteiger partial charge in [0.25, 0.3) is 5.91 Å². The Morgan fingerprint density at radius 3 is 2.67 bits per heavy atom. The molecular weight excluding hydrogens is 394 g/mol. The van der Waals surface area contributed by atoms with Gasteiger partial charge in [-0.25, -0.2) is 18.2 Å². The van der Waals surface area contributed by atoms with E-state index in [-0.39, 0.29) is 34.2 Å². The molecule has 150 valence electrons. The summed E-state index contributed by atoms with van der Waals surface area (Å²) in [6.07, 6.45) is 0.390. The van der Waals surface area contributed by atoms with E-state index in [0.717, 1.165) is 11.3 Å². The van der Waals surface area contributed by atoms with E-state index in [9.17, 15) is 22.8 Å². The number of hydrogen-bond donors (Lipinski definition) is 1. The van der Waals surface area contributed by atoms with E-state index in [1.165, 1.54) is 17.2 Å². The van der Waals surface area contributed by atoms with Crippen molar-refractivity contribution in [3.63, 3.8) is 0 Å². The zero-order valence-electron chi connectivity index (χ0n) is 15.4. The molecule has 0 saturated carbocycles. The Labute approximate surface area is 162 Å². The molecule has 1 aliphatic rings. The first kappa shape index (κ1) is 21.3. The summed E-state index contributed by atoms with van der Waals surface area (Å²) in [5, 5.41) is 4.14. The Bertz CT molecular complexity index is 818. The number of hydrogen-bond acceptors (Lipinski definition) is 8. The van der Waals surface area contributed by atoms with Crippen molar-refractivity contribution in [3.8, 4) is 0 Å².